The van der Waals surface area contributed by atoms with Crippen LogP contribution in [0.5, 0.6) is 0 Å². The standard InChI is InChI=1S/C23H33N9O5S/c1-11-18-17(12(2)27-16(33)9-31-10-26-28-29-31)22(35)32(18)19(23(36)37)20(11)38-14-7-15(25-8-14)21(34)30-5-3-13(24)4-6-30/h10-15,17-18,25H,3-9,24H2,1-2H3,(H,27,33)(H,36,37)/t11-,12-,14+,15?,17-,18-/m1/s1. The summed E-state index contributed by atoms with van der Waals surface area (Å²) in [4.78, 5) is 54.7. The first kappa shape index (κ1) is 26.6. The molecule has 0 bridgehead atoms. The van der Waals surface area contributed by atoms with Gasteiger partial charge in [-0.25, -0.2) is 9.48 Å². The first-order valence-electron chi connectivity index (χ1n) is 12.9. The van der Waals surface area contributed by atoms with Crippen molar-refractivity contribution in [1.29, 1.82) is 0 Å². The molecule has 3 amide bonds. The van der Waals surface area contributed by atoms with Gasteiger partial charge in [-0.2, -0.15) is 0 Å². The van der Waals surface area contributed by atoms with E-state index in [0.717, 1.165) is 12.8 Å². The third kappa shape index (κ3) is 4.89. The van der Waals surface area contributed by atoms with Crippen LogP contribution >= 0.6 is 11.8 Å². The van der Waals surface area contributed by atoms with Crippen molar-refractivity contribution in [2.45, 2.75) is 69.1 Å². The summed E-state index contributed by atoms with van der Waals surface area (Å²) in [5, 5.41) is 26.8. The van der Waals surface area contributed by atoms with Gasteiger partial charge in [-0.1, -0.05) is 6.92 Å². The smallest absolute Gasteiger partial charge is 0.353 e. The maximum atomic E-state index is 13.1. The van der Waals surface area contributed by atoms with Gasteiger partial charge in [-0.05, 0) is 36.6 Å². The first-order valence-corrected chi connectivity index (χ1v) is 13.8. The minimum Gasteiger partial charge on any atom is -0.477 e. The number of likely N-dealkylation sites (tertiary alicyclic amines) is 1. The molecule has 1 aromatic rings. The normalized spacial score (nSPS) is 30.3. The SMILES string of the molecule is C[C@@H](NC(=O)Cn1cnnn1)[C@H]1C(=O)N2C(C(=O)O)=C(S[C@@H]3CNC(C(=O)N4CCC(N)CC4)C3)[C@H](C)[C@H]12. The van der Waals surface area contributed by atoms with Gasteiger partial charge in [0.25, 0.3) is 0 Å². The van der Waals surface area contributed by atoms with Crippen molar-refractivity contribution in [3.63, 3.8) is 0 Å². The molecule has 3 saturated heterocycles. The summed E-state index contributed by atoms with van der Waals surface area (Å²) in [7, 11) is 0. The average molecular weight is 548 g/mol. The number of amides is 3. The van der Waals surface area contributed by atoms with Gasteiger partial charge in [0.1, 0.15) is 18.6 Å². The molecule has 0 spiro atoms. The topological polar surface area (TPSA) is 189 Å². The molecule has 4 aliphatic heterocycles. The third-order valence-electron chi connectivity index (χ3n) is 7.95. The number of tetrazole rings is 1. The van der Waals surface area contributed by atoms with Crippen LogP contribution in [0.15, 0.2) is 16.9 Å². The third-order valence-corrected chi connectivity index (χ3v) is 9.46. The number of fused-ring (bicyclic) bond motifs is 1. The maximum absolute atomic E-state index is 13.1. The zero-order valence-electron chi connectivity index (χ0n) is 21.3. The summed E-state index contributed by atoms with van der Waals surface area (Å²) >= 11 is 1.45. The van der Waals surface area contributed by atoms with E-state index in [0.29, 0.717) is 31.0 Å². The second-order valence-electron chi connectivity index (χ2n) is 10.5. The van der Waals surface area contributed by atoms with Gasteiger partial charge in [-0.3, -0.25) is 14.4 Å². The van der Waals surface area contributed by atoms with E-state index < -0.39 is 17.9 Å². The molecule has 0 aliphatic carbocycles. The summed E-state index contributed by atoms with van der Waals surface area (Å²) in [6, 6.07) is -1.02. The predicted octanol–water partition coefficient (Wildman–Crippen LogP) is -1.64. The average Bonchev–Trinajstić information content (AvgIpc) is 3.60. The van der Waals surface area contributed by atoms with Gasteiger partial charge < -0.3 is 31.3 Å². The van der Waals surface area contributed by atoms with Crippen LogP contribution in [0.25, 0.3) is 0 Å². The molecule has 1 unspecified atom stereocenters. The number of β-lactam (4-membered cyclic amide) rings is 1. The summed E-state index contributed by atoms with van der Waals surface area (Å²) in [6.45, 7) is 5.48. The number of nitrogens with zero attached hydrogens (tertiary/aromatic N) is 6. The lowest BCUT2D eigenvalue weighted by molar-refractivity contribution is -0.158. The van der Waals surface area contributed by atoms with E-state index in [1.54, 1.807) is 6.92 Å². The molecule has 38 heavy (non-hydrogen) atoms. The van der Waals surface area contributed by atoms with Crippen LogP contribution in [-0.4, -0.2) is 108 Å². The summed E-state index contributed by atoms with van der Waals surface area (Å²) in [5.74, 6) is -2.50. The first-order chi connectivity index (χ1) is 18.2. The number of carbonyl (C=O) groups excluding carboxylic acids is 3. The fourth-order valence-electron chi connectivity index (χ4n) is 5.99. The Morgan fingerprint density at radius 1 is 1.32 bits per heavy atom. The van der Waals surface area contributed by atoms with Crippen LogP contribution in [0.4, 0.5) is 0 Å². The number of rotatable bonds is 8. The number of aromatic nitrogens is 4. The molecule has 5 heterocycles. The molecule has 5 rings (SSSR count). The van der Waals surface area contributed by atoms with E-state index in [2.05, 4.69) is 26.2 Å². The monoisotopic (exact) mass is 547 g/mol. The molecular formula is C23H33N9O5S. The van der Waals surface area contributed by atoms with Crippen LogP contribution < -0.4 is 16.4 Å². The fraction of sp³-hybridized carbons (Fsp3) is 0.696. The molecule has 206 valence electrons. The van der Waals surface area contributed by atoms with Gasteiger partial charge in [0.15, 0.2) is 0 Å². The van der Waals surface area contributed by atoms with E-state index in [-0.39, 0.29) is 59.3 Å². The van der Waals surface area contributed by atoms with Gasteiger partial charge in [0.2, 0.25) is 17.7 Å². The highest BCUT2D eigenvalue weighted by Crippen LogP contribution is 2.51. The largest absolute Gasteiger partial charge is 0.477 e. The summed E-state index contributed by atoms with van der Waals surface area (Å²) < 4.78 is 1.28. The highest BCUT2D eigenvalue weighted by molar-refractivity contribution is 8.03. The molecule has 5 N–H and O–H groups in total. The van der Waals surface area contributed by atoms with E-state index in [9.17, 15) is 24.3 Å². The molecule has 15 heteroatoms. The molecular weight excluding hydrogens is 514 g/mol. The number of carboxylic acids is 1. The van der Waals surface area contributed by atoms with Crippen molar-refractivity contribution >= 4 is 35.5 Å². The Kier molecular flexibility index (Phi) is 7.42. The second kappa shape index (κ2) is 10.6. The van der Waals surface area contributed by atoms with Crippen molar-refractivity contribution in [3.8, 4) is 0 Å². The highest BCUT2D eigenvalue weighted by atomic mass is 32.2. The summed E-state index contributed by atoms with van der Waals surface area (Å²) in [5.41, 5.74) is 5.98. The van der Waals surface area contributed by atoms with E-state index in [4.69, 9.17) is 5.73 Å². The molecule has 14 nitrogen and oxygen atoms in total. The van der Waals surface area contributed by atoms with Crippen LogP contribution in [0.2, 0.25) is 0 Å². The van der Waals surface area contributed by atoms with Crippen molar-refractivity contribution in [1.82, 2.24) is 40.6 Å². The number of hydrogen-bond donors (Lipinski definition) is 4. The lowest BCUT2D eigenvalue weighted by Gasteiger charge is -2.47. The van der Waals surface area contributed by atoms with Crippen LogP contribution in [0, 0.1) is 11.8 Å². The van der Waals surface area contributed by atoms with Gasteiger partial charge in [0.05, 0.1) is 18.0 Å². The number of nitrogens with two attached hydrogens (primary N) is 1. The van der Waals surface area contributed by atoms with Crippen molar-refractivity contribution in [2.24, 2.45) is 17.6 Å². The Hall–Kier alpha value is -3.04. The quantitative estimate of drug-likeness (QED) is 0.273. The number of carbonyl (C=O) groups is 4. The van der Waals surface area contributed by atoms with Crippen molar-refractivity contribution in [2.75, 3.05) is 19.6 Å². The van der Waals surface area contributed by atoms with Crippen molar-refractivity contribution in [3.05, 3.63) is 16.9 Å². The van der Waals surface area contributed by atoms with E-state index in [1.807, 2.05) is 11.8 Å². The van der Waals surface area contributed by atoms with Gasteiger partial charge >= 0.3 is 5.97 Å². The molecule has 6 atom stereocenters. The zero-order valence-corrected chi connectivity index (χ0v) is 22.1. The minimum absolute atomic E-state index is 0.00321. The Morgan fingerprint density at radius 2 is 2.05 bits per heavy atom. The van der Waals surface area contributed by atoms with Crippen LogP contribution in [0.1, 0.15) is 33.1 Å². The number of carboxylic acid groups (broad SMARTS) is 1. The molecule has 0 saturated carbocycles. The number of thioether (sulfide) groups is 1. The maximum Gasteiger partial charge on any atom is 0.353 e. The predicted molar refractivity (Wildman–Crippen MR) is 135 cm³/mol. The van der Waals surface area contributed by atoms with Crippen LogP contribution in [0.3, 0.4) is 0 Å². The lowest BCUT2D eigenvalue weighted by Crippen LogP contribution is -2.66. The Balaban J connectivity index is 1.22. The Labute approximate surface area is 223 Å². The minimum atomic E-state index is -1.15. The molecule has 4 aliphatic rings. The number of nitrogens with one attached hydrogen (secondary N) is 2. The molecule has 1 aromatic heterocycles. The van der Waals surface area contributed by atoms with Crippen LogP contribution in [-0.2, 0) is 25.7 Å². The summed E-state index contributed by atoms with van der Waals surface area (Å²) in [6.07, 6.45) is 3.50. The molecule has 0 aromatic carbocycles. The Bertz CT molecular complexity index is 1140. The fourth-order valence-corrected chi connectivity index (χ4v) is 7.47. The molecule has 3 fully saturated rings. The zero-order chi connectivity index (χ0) is 27.1. The number of piperidine rings is 1. The molecule has 0 radical (unpaired) electrons. The van der Waals surface area contributed by atoms with E-state index >= 15 is 0 Å². The second-order valence-corrected chi connectivity index (χ2v) is 11.8. The highest BCUT2D eigenvalue weighted by Gasteiger charge is 2.60. The number of aliphatic carboxylic acids is 1. The van der Waals surface area contributed by atoms with Gasteiger partial charge in [-0.15, -0.1) is 16.9 Å². The lowest BCUT2D eigenvalue weighted by atomic mass is 9.78. The van der Waals surface area contributed by atoms with Crippen molar-refractivity contribution < 1.29 is 24.3 Å². The van der Waals surface area contributed by atoms with E-state index in [1.165, 1.54) is 27.7 Å². The Morgan fingerprint density at radius 3 is 2.71 bits per heavy atom. The van der Waals surface area contributed by atoms with Gasteiger partial charge in [0, 0.05) is 47.8 Å². The number of hydrogen-bond acceptors (Lipinski definition) is 10.